The molecule has 1 saturated carbocycles. The SMILES string of the molecule is CCOC(=O)C(C(=O)c1c(OC)cccc1OC)C1CCCCC1. The first-order chi connectivity index (χ1) is 11.6. The Balaban J connectivity index is 2.42. The zero-order valence-electron chi connectivity index (χ0n) is 14.7. The number of methoxy groups -OCH3 is 2. The van der Waals surface area contributed by atoms with Gasteiger partial charge in [0, 0.05) is 0 Å². The lowest BCUT2D eigenvalue weighted by Crippen LogP contribution is -2.34. The molecule has 0 saturated heterocycles. The van der Waals surface area contributed by atoms with Crippen LogP contribution in [0.25, 0.3) is 0 Å². The van der Waals surface area contributed by atoms with E-state index in [2.05, 4.69) is 0 Å². The number of hydrogen-bond acceptors (Lipinski definition) is 5. The number of rotatable bonds is 7. The van der Waals surface area contributed by atoms with Gasteiger partial charge in [-0.2, -0.15) is 0 Å². The molecule has 5 heteroatoms. The van der Waals surface area contributed by atoms with Gasteiger partial charge < -0.3 is 14.2 Å². The van der Waals surface area contributed by atoms with Gasteiger partial charge in [0.15, 0.2) is 5.78 Å². The van der Waals surface area contributed by atoms with Crippen molar-refractivity contribution < 1.29 is 23.8 Å². The van der Waals surface area contributed by atoms with E-state index in [1.54, 1.807) is 25.1 Å². The molecule has 1 fully saturated rings. The highest BCUT2D eigenvalue weighted by atomic mass is 16.5. The summed E-state index contributed by atoms with van der Waals surface area (Å²) in [7, 11) is 3.01. The van der Waals surface area contributed by atoms with Crippen LogP contribution in [-0.4, -0.2) is 32.6 Å². The fourth-order valence-corrected chi connectivity index (χ4v) is 3.46. The number of benzene rings is 1. The minimum absolute atomic E-state index is 0.0138. The van der Waals surface area contributed by atoms with Crippen molar-refractivity contribution in [2.75, 3.05) is 20.8 Å². The first-order valence-corrected chi connectivity index (χ1v) is 8.55. The zero-order chi connectivity index (χ0) is 17.5. The smallest absolute Gasteiger partial charge is 0.317 e. The molecule has 0 heterocycles. The number of carbonyl (C=O) groups excluding carboxylic acids is 2. The van der Waals surface area contributed by atoms with Crippen LogP contribution >= 0.6 is 0 Å². The molecule has 1 aromatic carbocycles. The third-order valence-corrected chi connectivity index (χ3v) is 4.62. The molecule has 1 aromatic rings. The van der Waals surface area contributed by atoms with Crippen molar-refractivity contribution in [3.05, 3.63) is 23.8 Å². The predicted octanol–water partition coefficient (Wildman–Crippen LogP) is 3.65. The van der Waals surface area contributed by atoms with Crippen molar-refractivity contribution in [2.24, 2.45) is 11.8 Å². The Kier molecular flexibility index (Phi) is 6.64. The van der Waals surface area contributed by atoms with E-state index in [0.29, 0.717) is 17.1 Å². The molecule has 0 spiro atoms. The number of Topliss-reactive ketones (excluding diaryl/α,β-unsaturated/α-hetero) is 1. The zero-order valence-corrected chi connectivity index (χ0v) is 14.7. The van der Waals surface area contributed by atoms with Crippen LogP contribution in [0.1, 0.15) is 49.4 Å². The van der Waals surface area contributed by atoms with Crippen LogP contribution < -0.4 is 9.47 Å². The highest BCUT2D eigenvalue weighted by Gasteiger charge is 2.39. The monoisotopic (exact) mass is 334 g/mol. The van der Waals surface area contributed by atoms with Gasteiger partial charge in [0.25, 0.3) is 0 Å². The number of esters is 1. The second-order valence-electron chi connectivity index (χ2n) is 6.03. The lowest BCUT2D eigenvalue weighted by molar-refractivity contribution is -0.148. The van der Waals surface area contributed by atoms with Crippen LogP contribution in [0.3, 0.4) is 0 Å². The van der Waals surface area contributed by atoms with Crippen LogP contribution in [0, 0.1) is 11.8 Å². The summed E-state index contributed by atoms with van der Waals surface area (Å²) in [4.78, 5) is 25.8. The van der Waals surface area contributed by atoms with Crippen molar-refractivity contribution in [3.63, 3.8) is 0 Å². The van der Waals surface area contributed by atoms with Crippen LogP contribution in [0.4, 0.5) is 0 Å². The summed E-state index contributed by atoms with van der Waals surface area (Å²) >= 11 is 0. The Morgan fingerprint density at radius 2 is 1.67 bits per heavy atom. The number of carbonyl (C=O) groups is 2. The standard InChI is InChI=1S/C19H26O5/c1-4-24-19(21)16(13-9-6-5-7-10-13)18(20)17-14(22-2)11-8-12-15(17)23-3/h8,11-13,16H,4-7,9-10H2,1-3H3. The van der Waals surface area contributed by atoms with Gasteiger partial charge >= 0.3 is 5.97 Å². The van der Waals surface area contributed by atoms with E-state index in [-0.39, 0.29) is 18.3 Å². The Morgan fingerprint density at radius 3 is 2.17 bits per heavy atom. The summed E-state index contributed by atoms with van der Waals surface area (Å²) in [6.45, 7) is 2.02. The molecular weight excluding hydrogens is 308 g/mol. The van der Waals surface area contributed by atoms with E-state index >= 15 is 0 Å². The first-order valence-electron chi connectivity index (χ1n) is 8.55. The molecule has 2 rings (SSSR count). The normalized spacial score (nSPS) is 16.3. The van der Waals surface area contributed by atoms with E-state index in [9.17, 15) is 9.59 Å². The van der Waals surface area contributed by atoms with Gasteiger partial charge in [0.1, 0.15) is 23.0 Å². The quantitative estimate of drug-likeness (QED) is 0.433. The van der Waals surface area contributed by atoms with E-state index in [0.717, 1.165) is 32.1 Å². The lowest BCUT2D eigenvalue weighted by atomic mass is 9.76. The molecular formula is C19H26O5. The van der Waals surface area contributed by atoms with Gasteiger partial charge in [0.2, 0.25) is 0 Å². The maximum atomic E-state index is 13.3. The maximum Gasteiger partial charge on any atom is 0.317 e. The average Bonchev–Trinajstić information content (AvgIpc) is 2.62. The third kappa shape index (κ3) is 3.89. The molecule has 0 aliphatic heterocycles. The molecule has 0 radical (unpaired) electrons. The van der Waals surface area contributed by atoms with Crippen LogP contribution in [0.15, 0.2) is 18.2 Å². The predicted molar refractivity (Wildman–Crippen MR) is 90.6 cm³/mol. The van der Waals surface area contributed by atoms with Crippen molar-refractivity contribution in [1.29, 1.82) is 0 Å². The maximum absolute atomic E-state index is 13.3. The molecule has 5 nitrogen and oxygen atoms in total. The topological polar surface area (TPSA) is 61.8 Å². The summed E-state index contributed by atoms with van der Waals surface area (Å²) in [6, 6.07) is 5.17. The Hall–Kier alpha value is -2.04. The van der Waals surface area contributed by atoms with E-state index < -0.39 is 11.9 Å². The molecule has 1 atom stereocenters. The molecule has 0 amide bonds. The molecule has 132 valence electrons. The third-order valence-electron chi connectivity index (χ3n) is 4.62. The van der Waals surface area contributed by atoms with Gasteiger partial charge in [-0.05, 0) is 37.8 Å². The van der Waals surface area contributed by atoms with Gasteiger partial charge in [0.05, 0.1) is 20.8 Å². The van der Waals surface area contributed by atoms with Gasteiger partial charge in [-0.3, -0.25) is 9.59 Å². The molecule has 0 bridgehead atoms. The summed E-state index contributed by atoms with van der Waals surface area (Å²) < 4.78 is 15.9. The second kappa shape index (κ2) is 8.71. The highest BCUT2D eigenvalue weighted by Crippen LogP contribution is 2.37. The minimum atomic E-state index is -0.796. The molecule has 1 aliphatic carbocycles. The van der Waals surface area contributed by atoms with Crippen LogP contribution in [0.2, 0.25) is 0 Å². The first kappa shape index (κ1) is 18.3. The van der Waals surface area contributed by atoms with Crippen molar-refractivity contribution in [3.8, 4) is 11.5 Å². The Labute approximate surface area is 143 Å². The molecule has 24 heavy (non-hydrogen) atoms. The fourth-order valence-electron chi connectivity index (χ4n) is 3.46. The summed E-state index contributed by atoms with van der Waals surface area (Å²) in [6.07, 6.45) is 4.96. The Morgan fingerprint density at radius 1 is 1.08 bits per heavy atom. The Bertz CT molecular complexity index is 553. The molecule has 1 aliphatic rings. The molecule has 1 unspecified atom stereocenters. The van der Waals surface area contributed by atoms with Crippen LogP contribution in [0.5, 0.6) is 11.5 Å². The highest BCUT2D eigenvalue weighted by molar-refractivity contribution is 6.11. The van der Waals surface area contributed by atoms with E-state index in [1.165, 1.54) is 14.2 Å². The largest absolute Gasteiger partial charge is 0.496 e. The van der Waals surface area contributed by atoms with Gasteiger partial charge in [-0.15, -0.1) is 0 Å². The molecule has 0 aromatic heterocycles. The number of ketones is 1. The lowest BCUT2D eigenvalue weighted by Gasteiger charge is -2.28. The van der Waals surface area contributed by atoms with Crippen molar-refractivity contribution in [2.45, 2.75) is 39.0 Å². The van der Waals surface area contributed by atoms with Crippen molar-refractivity contribution >= 4 is 11.8 Å². The summed E-state index contributed by atoms with van der Waals surface area (Å²) in [5.41, 5.74) is 0.325. The summed E-state index contributed by atoms with van der Waals surface area (Å²) in [5, 5.41) is 0. The molecule has 0 N–H and O–H groups in total. The number of ether oxygens (including phenoxy) is 3. The summed E-state index contributed by atoms with van der Waals surface area (Å²) in [5.74, 6) is -0.652. The second-order valence-corrected chi connectivity index (χ2v) is 6.03. The van der Waals surface area contributed by atoms with Crippen molar-refractivity contribution in [1.82, 2.24) is 0 Å². The number of hydrogen-bond donors (Lipinski definition) is 0. The fraction of sp³-hybridized carbons (Fsp3) is 0.579. The average molecular weight is 334 g/mol. The van der Waals surface area contributed by atoms with E-state index in [1.807, 2.05) is 0 Å². The van der Waals surface area contributed by atoms with E-state index in [4.69, 9.17) is 14.2 Å². The van der Waals surface area contributed by atoms with Gasteiger partial charge in [-0.1, -0.05) is 25.3 Å². The van der Waals surface area contributed by atoms with Gasteiger partial charge in [-0.25, -0.2) is 0 Å². The minimum Gasteiger partial charge on any atom is -0.496 e. The van der Waals surface area contributed by atoms with Crippen LogP contribution in [-0.2, 0) is 9.53 Å².